The molecule has 0 fully saturated rings. The molecule has 0 aromatic rings. The van der Waals surface area contributed by atoms with Crippen LogP contribution in [0.2, 0.25) is 6.60 Å². The molecule has 6 unspecified atom stereocenters. The molecule has 0 aromatic carbocycles. The molecule has 0 spiro atoms. The van der Waals surface area contributed by atoms with Crippen molar-refractivity contribution in [1.29, 1.82) is 0 Å². The van der Waals surface area contributed by atoms with Gasteiger partial charge in [0.25, 0.3) is 0 Å². The van der Waals surface area contributed by atoms with E-state index in [0.717, 1.165) is 6.60 Å². The SMILES string of the molecule is CC(C)(C)C(O)CC(O)C(C)(C)[CH2][Gd]([CH2]C(C)(C)C(O)CC(O)C(C)(C)C)[CH2]C(C)(C)C(O)CC(O)C(C)(C)C. The molecule has 40 heavy (non-hydrogen) atoms. The van der Waals surface area contributed by atoms with Crippen molar-refractivity contribution in [2.24, 2.45) is 32.5 Å². The Morgan fingerprint density at radius 1 is 0.350 bits per heavy atom. The van der Waals surface area contributed by atoms with Gasteiger partial charge in [0.05, 0.1) is 0 Å². The second kappa shape index (κ2) is 14.9. The molecule has 245 valence electrons. The molecule has 0 bridgehead atoms. The summed E-state index contributed by atoms with van der Waals surface area (Å²) in [6.07, 6.45) is -3.01. The molecular weight excluding hydrogens is 650 g/mol. The summed E-state index contributed by atoms with van der Waals surface area (Å²) in [6, 6.07) is 0. The Labute approximate surface area is 261 Å². The second-order valence-electron chi connectivity index (χ2n) is 17.8. The van der Waals surface area contributed by atoms with Crippen molar-refractivity contribution in [2.75, 3.05) is 0 Å². The van der Waals surface area contributed by atoms with Crippen LogP contribution in [0.25, 0.3) is 0 Å². The zero-order chi connectivity index (χ0) is 32.3. The maximum absolute atomic E-state index is 11.3. The van der Waals surface area contributed by atoms with Crippen molar-refractivity contribution in [2.45, 2.75) is 166 Å². The number of aliphatic hydroxyl groups excluding tert-OH is 6. The van der Waals surface area contributed by atoms with Gasteiger partial charge in [-0.2, -0.15) is 0 Å². The van der Waals surface area contributed by atoms with E-state index in [9.17, 15) is 30.6 Å². The fraction of sp³-hybridized carbons (Fsp3) is 1.00. The standard InChI is InChI=1S/3C11H23O2.Gd/c3*1-10(2,3)8(12)7-9(13)11(4,5)6;/h3*8-9,12-13H,1,7H2,2-6H3;. The van der Waals surface area contributed by atoms with Gasteiger partial charge in [0.15, 0.2) is 0 Å². The van der Waals surface area contributed by atoms with Crippen LogP contribution in [0.4, 0.5) is 0 Å². The summed E-state index contributed by atoms with van der Waals surface area (Å²) in [4.78, 5) is 0. The van der Waals surface area contributed by atoms with E-state index in [1.165, 1.54) is 0 Å². The summed E-state index contributed by atoms with van der Waals surface area (Å²) < 4.78 is 2.45. The third-order valence-corrected chi connectivity index (χ3v) is 18.1. The summed E-state index contributed by atoms with van der Waals surface area (Å²) in [6.45, 7) is 30.2. The Kier molecular flexibility index (Phi) is 15.3. The zero-order valence-corrected chi connectivity index (χ0v) is 31.0. The van der Waals surface area contributed by atoms with E-state index in [0.29, 0.717) is 19.3 Å². The van der Waals surface area contributed by atoms with Gasteiger partial charge in [-0.15, -0.1) is 0 Å². The monoisotopic (exact) mass is 719 g/mol. The van der Waals surface area contributed by atoms with Gasteiger partial charge in [-0.25, -0.2) is 0 Å². The van der Waals surface area contributed by atoms with Crippen LogP contribution in [0.5, 0.6) is 0 Å². The Morgan fingerprint density at radius 2 is 0.525 bits per heavy atom. The van der Waals surface area contributed by atoms with Crippen molar-refractivity contribution in [3.05, 3.63) is 0 Å². The summed E-state index contributed by atoms with van der Waals surface area (Å²) in [5.41, 5.74) is -2.29. The number of hydrogen-bond donors (Lipinski definition) is 6. The van der Waals surface area contributed by atoms with Gasteiger partial charge in [-0.1, -0.05) is 0 Å². The molecule has 6 nitrogen and oxygen atoms in total. The molecule has 6 N–H and O–H groups in total. The van der Waals surface area contributed by atoms with Gasteiger partial charge < -0.3 is 0 Å². The third kappa shape index (κ3) is 13.8. The van der Waals surface area contributed by atoms with Crippen molar-refractivity contribution >= 4 is 0 Å². The van der Waals surface area contributed by atoms with Gasteiger partial charge in [0.2, 0.25) is 0 Å². The van der Waals surface area contributed by atoms with Crippen LogP contribution < -0.4 is 0 Å². The summed E-state index contributed by atoms with van der Waals surface area (Å²) >= 11 is -2.24. The van der Waals surface area contributed by atoms with Crippen LogP contribution in [0.15, 0.2) is 0 Å². The van der Waals surface area contributed by atoms with Crippen LogP contribution >= 0.6 is 0 Å². The molecule has 0 aliphatic heterocycles. The number of rotatable bonds is 15. The van der Waals surface area contributed by atoms with E-state index in [1.54, 1.807) is 0 Å². The number of aliphatic hydroxyl groups is 6. The summed E-state index contributed by atoms with van der Waals surface area (Å²) in [7, 11) is 0. The van der Waals surface area contributed by atoms with Gasteiger partial charge in [-0.05, 0) is 0 Å². The van der Waals surface area contributed by atoms with Crippen molar-refractivity contribution in [3.63, 3.8) is 0 Å². The van der Waals surface area contributed by atoms with Crippen LogP contribution in [-0.2, 0) is 0 Å². The number of hydrogen-bond acceptors (Lipinski definition) is 6. The minimum atomic E-state index is -2.24. The zero-order valence-electron chi connectivity index (χ0n) is 28.7. The third-order valence-electron chi connectivity index (χ3n) is 8.54. The molecule has 6 atom stereocenters. The first-order chi connectivity index (χ1) is 17.4. The minimum absolute atomic E-state index is 0.303. The molecule has 0 saturated heterocycles. The molecule has 0 heterocycles. The van der Waals surface area contributed by atoms with E-state index in [2.05, 4.69) is 41.5 Å². The molecule has 0 aliphatic rings. The Bertz CT molecular complexity index is 644. The topological polar surface area (TPSA) is 121 Å². The van der Waals surface area contributed by atoms with Crippen LogP contribution in [0.1, 0.15) is 123 Å². The van der Waals surface area contributed by atoms with E-state index in [1.807, 2.05) is 62.3 Å². The van der Waals surface area contributed by atoms with Crippen molar-refractivity contribution in [1.82, 2.24) is 0 Å². The predicted molar refractivity (Wildman–Crippen MR) is 164 cm³/mol. The van der Waals surface area contributed by atoms with E-state index in [-0.39, 0.29) is 16.2 Å². The fourth-order valence-electron chi connectivity index (χ4n) is 4.40. The van der Waals surface area contributed by atoms with Crippen LogP contribution in [0, 0.1) is 66.3 Å². The normalized spacial score (nSPS) is 19.6. The molecule has 0 radical (unpaired) electrons. The van der Waals surface area contributed by atoms with Gasteiger partial charge in [-0.3, -0.25) is 0 Å². The summed E-state index contributed by atoms with van der Waals surface area (Å²) in [5, 5.41) is 66.0. The van der Waals surface area contributed by atoms with Gasteiger partial charge in [0, 0.05) is 0 Å². The van der Waals surface area contributed by atoms with Gasteiger partial charge >= 0.3 is 263 Å². The average Bonchev–Trinajstić information content (AvgIpc) is 2.70. The Balaban J connectivity index is 6.10. The van der Waals surface area contributed by atoms with Crippen molar-refractivity contribution in [3.8, 4) is 0 Å². The molecular formula is C33H69GdO6. The summed E-state index contributed by atoms with van der Waals surface area (Å²) in [5.74, 6) is 0. The van der Waals surface area contributed by atoms with E-state index in [4.69, 9.17) is 0 Å². The Hall–Kier alpha value is 1.08. The second-order valence-corrected chi connectivity index (χ2v) is 23.6. The molecule has 0 aliphatic carbocycles. The Morgan fingerprint density at radius 3 is 0.675 bits per heavy atom. The predicted octanol–water partition coefficient (Wildman–Crippen LogP) is 6.41. The molecule has 0 rings (SSSR count). The molecule has 0 aromatic heterocycles. The van der Waals surface area contributed by atoms with Gasteiger partial charge in [0.1, 0.15) is 0 Å². The van der Waals surface area contributed by atoms with Crippen LogP contribution in [-0.4, -0.2) is 67.3 Å². The average molecular weight is 719 g/mol. The molecule has 7 heteroatoms. The van der Waals surface area contributed by atoms with Crippen LogP contribution in [0.3, 0.4) is 0 Å². The molecule has 0 amide bonds. The maximum atomic E-state index is 11.3. The van der Waals surface area contributed by atoms with Crippen molar-refractivity contribution < 1.29 is 64.5 Å². The fourth-order valence-corrected chi connectivity index (χ4v) is 15.6. The van der Waals surface area contributed by atoms with E-state index < -0.39 is 86.7 Å². The first kappa shape index (κ1) is 41.1. The first-order valence-corrected chi connectivity index (χ1v) is 19.9. The quantitative estimate of drug-likeness (QED) is 0.116. The van der Waals surface area contributed by atoms with E-state index >= 15 is 0 Å². The first-order valence-electron chi connectivity index (χ1n) is 15.0. The molecule has 0 saturated carbocycles.